The van der Waals surface area contributed by atoms with E-state index in [-0.39, 0.29) is 0 Å². The van der Waals surface area contributed by atoms with Crippen LogP contribution in [0.4, 0.5) is 4.79 Å². The Morgan fingerprint density at radius 2 is 1.58 bits per heavy atom. The number of aliphatic carboxylic acids is 2. The molecule has 8 heteroatoms. The molecule has 1 fully saturated rings. The summed E-state index contributed by atoms with van der Waals surface area (Å²) in [6, 6.07) is -0.528. The van der Waals surface area contributed by atoms with E-state index in [0.29, 0.717) is 19.6 Å². The van der Waals surface area contributed by atoms with Crippen molar-refractivity contribution < 1.29 is 24.6 Å². The summed E-state index contributed by atoms with van der Waals surface area (Å²) in [4.78, 5) is 37.9. The predicted molar refractivity (Wildman–Crippen MR) is 65.9 cm³/mol. The maximum atomic E-state index is 12.1. The molecule has 0 bridgehead atoms. The van der Waals surface area contributed by atoms with Gasteiger partial charge in [-0.15, -0.1) is 0 Å². The highest BCUT2D eigenvalue weighted by molar-refractivity contribution is 5.84. The van der Waals surface area contributed by atoms with E-state index in [9.17, 15) is 14.4 Å². The SMILES string of the molecule is CN1CCCN(C(=O)N(CC(=O)O)CC(=O)O)CC1. The summed E-state index contributed by atoms with van der Waals surface area (Å²) in [5.41, 5.74) is 0. The van der Waals surface area contributed by atoms with Crippen molar-refractivity contribution in [1.29, 1.82) is 0 Å². The smallest absolute Gasteiger partial charge is 0.323 e. The van der Waals surface area contributed by atoms with E-state index >= 15 is 0 Å². The fourth-order valence-corrected chi connectivity index (χ4v) is 1.96. The maximum absolute atomic E-state index is 12.1. The second kappa shape index (κ2) is 6.93. The van der Waals surface area contributed by atoms with Crippen LogP contribution >= 0.6 is 0 Å². The number of hydrogen-bond acceptors (Lipinski definition) is 4. The molecular formula is C11H19N3O5. The van der Waals surface area contributed by atoms with Gasteiger partial charge in [-0.1, -0.05) is 0 Å². The third kappa shape index (κ3) is 5.12. The largest absolute Gasteiger partial charge is 0.480 e. The second-order valence-corrected chi connectivity index (χ2v) is 4.57. The van der Waals surface area contributed by atoms with Gasteiger partial charge in [0.1, 0.15) is 13.1 Å². The Morgan fingerprint density at radius 1 is 1.00 bits per heavy atom. The van der Waals surface area contributed by atoms with Crippen LogP contribution in [0.15, 0.2) is 0 Å². The molecule has 0 saturated carbocycles. The van der Waals surface area contributed by atoms with Crippen molar-refractivity contribution in [2.24, 2.45) is 0 Å². The number of urea groups is 1. The predicted octanol–water partition coefficient (Wildman–Crippen LogP) is -0.785. The first-order valence-corrected chi connectivity index (χ1v) is 6.06. The van der Waals surface area contributed by atoms with Crippen molar-refractivity contribution in [3.8, 4) is 0 Å². The van der Waals surface area contributed by atoms with Gasteiger partial charge in [-0.05, 0) is 20.0 Å². The molecule has 0 aromatic carbocycles. The summed E-state index contributed by atoms with van der Waals surface area (Å²) >= 11 is 0. The minimum absolute atomic E-state index is 0.477. The lowest BCUT2D eigenvalue weighted by Crippen LogP contribution is -2.48. The third-order valence-electron chi connectivity index (χ3n) is 2.91. The van der Waals surface area contributed by atoms with Crippen LogP contribution in [0.5, 0.6) is 0 Å². The van der Waals surface area contributed by atoms with Gasteiger partial charge in [0.05, 0.1) is 0 Å². The number of amides is 2. The molecule has 1 saturated heterocycles. The van der Waals surface area contributed by atoms with E-state index in [0.717, 1.165) is 17.9 Å². The number of rotatable bonds is 4. The molecule has 108 valence electrons. The monoisotopic (exact) mass is 273 g/mol. The summed E-state index contributed by atoms with van der Waals surface area (Å²) < 4.78 is 0. The minimum Gasteiger partial charge on any atom is -0.480 e. The lowest BCUT2D eigenvalue weighted by Gasteiger charge is -2.27. The van der Waals surface area contributed by atoms with Crippen LogP contribution in [0.1, 0.15) is 6.42 Å². The van der Waals surface area contributed by atoms with Gasteiger partial charge in [-0.3, -0.25) is 9.59 Å². The first-order chi connectivity index (χ1) is 8.90. The molecule has 1 aliphatic heterocycles. The number of likely N-dealkylation sites (N-methyl/N-ethyl adjacent to an activating group) is 1. The van der Waals surface area contributed by atoms with E-state index in [1.807, 2.05) is 7.05 Å². The molecule has 8 nitrogen and oxygen atoms in total. The van der Waals surface area contributed by atoms with Crippen LogP contribution in [-0.2, 0) is 9.59 Å². The Labute approximate surface area is 111 Å². The molecule has 2 amide bonds. The zero-order valence-corrected chi connectivity index (χ0v) is 10.9. The normalized spacial score (nSPS) is 16.8. The molecule has 0 unspecified atom stereocenters. The maximum Gasteiger partial charge on any atom is 0.323 e. The van der Waals surface area contributed by atoms with E-state index < -0.39 is 31.1 Å². The third-order valence-corrected chi connectivity index (χ3v) is 2.91. The molecule has 0 atom stereocenters. The number of hydrogen-bond donors (Lipinski definition) is 2. The summed E-state index contributed by atoms with van der Waals surface area (Å²) in [6.45, 7) is 1.35. The van der Waals surface area contributed by atoms with Crippen molar-refractivity contribution in [3.05, 3.63) is 0 Å². The number of nitrogens with zero attached hydrogens (tertiary/aromatic N) is 3. The first kappa shape index (κ1) is 15.2. The van der Waals surface area contributed by atoms with E-state index in [1.165, 1.54) is 4.90 Å². The Balaban J connectivity index is 2.68. The van der Waals surface area contributed by atoms with Crippen LogP contribution in [0.3, 0.4) is 0 Å². The summed E-state index contributed by atoms with van der Waals surface area (Å²) in [5.74, 6) is -2.44. The number of carboxylic acid groups (broad SMARTS) is 2. The number of carboxylic acids is 2. The van der Waals surface area contributed by atoms with E-state index in [1.54, 1.807) is 0 Å². The van der Waals surface area contributed by atoms with Crippen molar-refractivity contribution in [1.82, 2.24) is 14.7 Å². The fraction of sp³-hybridized carbons (Fsp3) is 0.727. The molecule has 1 rings (SSSR count). The van der Waals surface area contributed by atoms with Crippen molar-refractivity contribution in [2.45, 2.75) is 6.42 Å². The zero-order chi connectivity index (χ0) is 14.4. The zero-order valence-electron chi connectivity index (χ0n) is 10.9. The molecule has 0 aliphatic carbocycles. The van der Waals surface area contributed by atoms with Crippen LogP contribution in [0, 0.1) is 0 Å². The topological polar surface area (TPSA) is 101 Å². The van der Waals surface area contributed by atoms with Gasteiger partial charge < -0.3 is 24.9 Å². The van der Waals surface area contributed by atoms with Gasteiger partial charge in [0.15, 0.2) is 0 Å². The van der Waals surface area contributed by atoms with Crippen molar-refractivity contribution in [3.63, 3.8) is 0 Å². The molecule has 0 spiro atoms. The van der Waals surface area contributed by atoms with Gasteiger partial charge in [0, 0.05) is 19.6 Å². The first-order valence-electron chi connectivity index (χ1n) is 6.06. The summed E-state index contributed by atoms with van der Waals surface area (Å²) in [5, 5.41) is 17.5. The standard InChI is InChI=1S/C11H19N3O5/c1-12-3-2-4-13(6-5-12)11(19)14(7-9(15)16)8-10(17)18/h2-8H2,1H3,(H,15,16)(H,17,18). The molecule has 1 heterocycles. The lowest BCUT2D eigenvalue weighted by atomic mass is 10.4. The highest BCUT2D eigenvalue weighted by atomic mass is 16.4. The highest BCUT2D eigenvalue weighted by Crippen LogP contribution is 2.05. The highest BCUT2D eigenvalue weighted by Gasteiger charge is 2.25. The number of carbonyl (C=O) groups excluding carboxylic acids is 1. The fourth-order valence-electron chi connectivity index (χ4n) is 1.96. The van der Waals surface area contributed by atoms with Gasteiger partial charge in [-0.25, -0.2) is 4.79 Å². The average molecular weight is 273 g/mol. The number of carbonyl (C=O) groups is 3. The van der Waals surface area contributed by atoms with Gasteiger partial charge in [0.2, 0.25) is 0 Å². The molecule has 1 aliphatic rings. The molecular weight excluding hydrogens is 254 g/mol. The lowest BCUT2D eigenvalue weighted by molar-refractivity contribution is -0.140. The van der Waals surface area contributed by atoms with Gasteiger partial charge in [0.25, 0.3) is 0 Å². The van der Waals surface area contributed by atoms with E-state index in [4.69, 9.17) is 10.2 Å². The van der Waals surface area contributed by atoms with Crippen LogP contribution in [0.25, 0.3) is 0 Å². The average Bonchev–Trinajstić information content (AvgIpc) is 2.51. The Kier molecular flexibility index (Phi) is 5.56. The Bertz CT molecular complexity index is 344. The Hall–Kier alpha value is -1.83. The van der Waals surface area contributed by atoms with Gasteiger partial charge in [-0.2, -0.15) is 0 Å². The second-order valence-electron chi connectivity index (χ2n) is 4.57. The van der Waals surface area contributed by atoms with Gasteiger partial charge >= 0.3 is 18.0 Å². The van der Waals surface area contributed by atoms with Crippen LogP contribution in [0.2, 0.25) is 0 Å². The van der Waals surface area contributed by atoms with Crippen molar-refractivity contribution >= 4 is 18.0 Å². The quantitative estimate of drug-likeness (QED) is 0.696. The summed E-state index contributed by atoms with van der Waals surface area (Å²) in [6.07, 6.45) is 0.788. The molecule has 2 N–H and O–H groups in total. The molecule has 0 aromatic rings. The van der Waals surface area contributed by atoms with Crippen LogP contribution < -0.4 is 0 Å². The van der Waals surface area contributed by atoms with Crippen LogP contribution in [-0.4, -0.2) is 89.2 Å². The minimum atomic E-state index is -1.22. The van der Waals surface area contributed by atoms with Crippen molar-refractivity contribution in [2.75, 3.05) is 46.3 Å². The summed E-state index contributed by atoms with van der Waals surface area (Å²) in [7, 11) is 1.94. The molecule has 19 heavy (non-hydrogen) atoms. The molecule has 0 aromatic heterocycles. The van der Waals surface area contributed by atoms with E-state index in [2.05, 4.69) is 4.90 Å². The Morgan fingerprint density at radius 3 is 2.11 bits per heavy atom. The molecule has 0 radical (unpaired) electrons.